The molecular weight excluding hydrogens is 308 g/mol. The molecule has 0 aliphatic carbocycles. The van der Waals surface area contributed by atoms with Gasteiger partial charge in [0.2, 0.25) is 0 Å². The van der Waals surface area contributed by atoms with E-state index in [0.717, 1.165) is 31.6 Å². The zero-order chi connectivity index (χ0) is 14.9. The number of hydrogen-bond acceptors (Lipinski definition) is 4. The van der Waals surface area contributed by atoms with Crippen molar-refractivity contribution in [1.82, 2.24) is 0 Å². The Morgan fingerprint density at radius 2 is 2.38 bits per heavy atom. The second kappa shape index (κ2) is 6.19. The minimum absolute atomic E-state index is 0.000610. The lowest BCUT2D eigenvalue weighted by atomic mass is 9.91. The molecule has 3 nitrogen and oxygen atoms in total. The van der Waals surface area contributed by atoms with Crippen LogP contribution in [0.1, 0.15) is 36.5 Å². The van der Waals surface area contributed by atoms with Crippen LogP contribution in [0.25, 0.3) is 0 Å². The Balaban J connectivity index is 1.70. The van der Waals surface area contributed by atoms with Gasteiger partial charge < -0.3 is 9.47 Å². The summed E-state index contributed by atoms with van der Waals surface area (Å²) >= 11 is 8.18. The molecule has 2 aliphatic rings. The lowest BCUT2D eigenvalue weighted by molar-refractivity contribution is -0.0958. The van der Waals surface area contributed by atoms with Gasteiger partial charge in [0, 0.05) is 24.2 Å². The lowest BCUT2D eigenvalue weighted by Crippen LogP contribution is -2.43. The first-order chi connectivity index (χ1) is 10.1. The third-order valence-electron chi connectivity index (χ3n) is 4.15. The Morgan fingerprint density at radius 1 is 1.52 bits per heavy atom. The summed E-state index contributed by atoms with van der Waals surface area (Å²) in [5.41, 5.74) is 0.613. The zero-order valence-electron chi connectivity index (χ0n) is 12.1. The fourth-order valence-corrected chi connectivity index (χ4v) is 4.54. The van der Waals surface area contributed by atoms with Gasteiger partial charge in [-0.1, -0.05) is 11.6 Å². The molecule has 0 bridgehead atoms. The molecule has 2 aliphatic heterocycles. The molecule has 3 rings (SSSR count). The van der Waals surface area contributed by atoms with Crippen molar-refractivity contribution in [2.45, 2.75) is 37.9 Å². The summed E-state index contributed by atoms with van der Waals surface area (Å²) in [6.07, 6.45) is 3.05. The Hall–Kier alpha value is -0.710. The summed E-state index contributed by atoms with van der Waals surface area (Å²) in [6, 6.07) is 5.24. The van der Waals surface area contributed by atoms with Gasteiger partial charge in [0.25, 0.3) is 0 Å². The molecule has 0 aromatic heterocycles. The summed E-state index contributed by atoms with van der Waals surface area (Å²) in [6.45, 7) is 2.28. The molecule has 0 radical (unpaired) electrons. The van der Waals surface area contributed by atoms with Crippen LogP contribution in [-0.4, -0.2) is 35.6 Å². The van der Waals surface area contributed by atoms with E-state index >= 15 is 0 Å². The number of halogens is 1. The van der Waals surface area contributed by atoms with Gasteiger partial charge in [-0.25, -0.2) is 0 Å². The first-order valence-electron chi connectivity index (χ1n) is 7.27. The number of carbonyl (C=O) groups is 1. The SMILES string of the molecule is CC(=O)c1ccc(OC2CCOC3(CCSC3)C2)c(Cl)c1. The predicted molar refractivity (Wildman–Crippen MR) is 85.7 cm³/mol. The maximum absolute atomic E-state index is 11.4. The minimum atomic E-state index is -0.000610. The number of benzene rings is 1. The molecule has 114 valence electrons. The Morgan fingerprint density at radius 3 is 3.05 bits per heavy atom. The third-order valence-corrected chi connectivity index (χ3v) is 5.67. The molecule has 2 saturated heterocycles. The number of Topliss-reactive ketones (excluding diaryl/α,β-unsaturated/α-hetero) is 1. The summed E-state index contributed by atoms with van der Waals surface area (Å²) in [5.74, 6) is 2.90. The fourth-order valence-electron chi connectivity index (χ4n) is 2.94. The van der Waals surface area contributed by atoms with Crippen LogP contribution >= 0.6 is 23.4 Å². The van der Waals surface area contributed by atoms with E-state index in [1.54, 1.807) is 18.2 Å². The van der Waals surface area contributed by atoms with E-state index in [1.165, 1.54) is 12.7 Å². The average Bonchev–Trinajstić information content (AvgIpc) is 2.89. The summed E-state index contributed by atoms with van der Waals surface area (Å²) in [7, 11) is 0. The van der Waals surface area contributed by atoms with E-state index in [4.69, 9.17) is 21.1 Å². The predicted octanol–water partition coefficient (Wildman–Crippen LogP) is 3.98. The third kappa shape index (κ3) is 3.38. The molecule has 0 amide bonds. The average molecular weight is 327 g/mol. The Bertz CT molecular complexity index is 540. The van der Waals surface area contributed by atoms with Crippen LogP contribution in [0, 0.1) is 0 Å². The molecule has 1 spiro atoms. The molecular formula is C16H19ClO3S. The van der Waals surface area contributed by atoms with Crippen LogP contribution in [0.2, 0.25) is 5.02 Å². The molecule has 2 atom stereocenters. The summed E-state index contributed by atoms with van der Waals surface area (Å²) in [4.78, 5) is 11.4. The molecule has 1 aromatic rings. The van der Waals surface area contributed by atoms with E-state index in [0.29, 0.717) is 16.3 Å². The highest BCUT2D eigenvalue weighted by Crippen LogP contribution is 2.40. The summed E-state index contributed by atoms with van der Waals surface area (Å²) < 4.78 is 12.1. The van der Waals surface area contributed by atoms with Crippen LogP contribution in [-0.2, 0) is 4.74 Å². The van der Waals surface area contributed by atoms with Gasteiger partial charge in [-0.05, 0) is 37.3 Å². The Labute approximate surface area is 134 Å². The van der Waals surface area contributed by atoms with Crippen LogP contribution < -0.4 is 4.74 Å². The molecule has 5 heteroatoms. The molecule has 2 fully saturated rings. The number of hydrogen-bond donors (Lipinski definition) is 0. The lowest BCUT2D eigenvalue weighted by Gasteiger charge is -2.37. The van der Waals surface area contributed by atoms with Gasteiger partial charge >= 0.3 is 0 Å². The van der Waals surface area contributed by atoms with Gasteiger partial charge in [0.15, 0.2) is 5.78 Å². The quantitative estimate of drug-likeness (QED) is 0.787. The molecule has 0 saturated carbocycles. The first-order valence-corrected chi connectivity index (χ1v) is 8.80. The molecule has 21 heavy (non-hydrogen) atoms. The second-order valence-electron chi connectivity index (χ2n) is 5.77. The van der Waals surface area contributed by atoms with Crippen molar-refractivity contribution in [3.05, 3.63) is 28.8 Å². The van der Waals surface area contributed by atoms with Crippen LogP contribution in [0.15, 0.2) is 18.2 Å². The largest absolute Gasteiger partial charge is 0.489 e. The van der Waals surface area contributed by atoms with Crippen molar-refractivity contribution in [2.24, 2.45) is 0 Å². The normalized spacial score (nSPS) is 28.8. The van der Waals surface area contributed by atoms with Crippen LogP contribution in [0.3, 0.4) is 0 Å². The maximum atomic E-state index is 11.4. The fraction of sp³-hybridized carbons (Fsp3) is 0.562. The number of ether oxygens (including phenoxy) is 2. The topological polar surface area (TPSA) is 35.5 Å². The molecule has 1 aromatic carbocycles. The van der Waals surface area contributed by atoms with E-state index in [9.17, 15) is 4.79 Å². The monoisotopic (exact) mass is 326 g/mol. The summed E-state index contributed by atoms with van der Waals surface area (Å²) in [5, 5.41) is 0.504. The second-order valence-corrected chi connectivity index (χ2v) is 7.28. The van der Waals surface area contributed by atoms with E-state index < -0.39 is 0 Å². The van der Waals surface area contributed by atoms with Gasteiger partial charge in [0.05, 0.1) is 17.2 Å². The maximum Gasteiger partial charge on any atom is 0.159 e. The van der Waals surface area contributed by atoms with Gasteiger partial charge in [-0.15, -0.1) is 0 Å². The van der Waals surface area contributed by atoms with Gasteiger partial charge in [-0.2, -0.15) is 11.8 Å². The van der Waals surface area contributed by atoms with Crippen molar-refractivity contribution in [3.63, 3.8) is 0 Å². The zero-order valence-corrected chi connectivity index (χ0v) is 13.6. The van der Waals surface area contributed by atoms with Crippen molar-refractivity contribution < 1.29 is 14.3 Å². The first kappa shape index (κ1) is 15.2. The highest BCUT2D eigenvalue weighted by atomic mass is 35.5. The van der Waals surface area contributed by atoms with Gasteiger partial charge in [-0.3, -0.25) is 4.79 Å². The number of ketones is 1. The van der Waals surface area contributed by atoms with Gasteiger partial charge in [0.1, 0.15) is 11.9 Å². The van der Waals surface area contributed by atoms with Crippen LogP contribution in [0.5, 0.6) is 5.75 Å². The number of rotatable bonds is 3. The van der Waals surface area contributed by atoms with Crippen molar-refractivity contribution >= 4 is 29.1 Å². The number of thioether (sulfide) groups is 1. The highest BCUT2D eigenvalue weighted by Gasteiger charge is 2.41. The molecule has 2 heterocycles. The highest BCUT2D eigenvalue weighted by molar-refractivity contribution is 7.99. The van der Waals surface area contributed by atoms with Crippen LogP contribution in [0.4, 0.5) is 0 Å². The van der Waals surface area contributed by atoms with E-state index in [-0.39, 0.29) is 17.5 Å². The molecule has 2 unspecified atom stereocenters. The molecule has 0 N–H and O–H groups in total. The smallest absolute Gasteiger partial charge is 0.159 e. The minimum Gasteiger partial charge on any atom is -0.489 e. The number of carbonyl (C=O) groups excluding carboxylic acids is 1. The van der Waals surface area contributed by atoms with E-state index in [2.05, 4.69) is 0 Å². The van der Waals surface area contributed by atoms with E-state index in [1.807, 2.05) is 11.8 Å². The van der Waals surface area contributed by atoms with Crippen molar-refractivity contribution in [1.29, 1.82) is 0 Å². The standard InChI is InChI=1S/C16H19ClO3S/c1-11(18)12-2-3-15(14(17)8-12)20-13-4-6-19-16(9-13)5-7-21-10-16/h2-3,8,13H,4-7,9-10H2,1H3. The van der Waals surface area contributed by atoms with Crippen molar-refractivity contribution in [3.8, 4) is 5.75 Å². The van der Waals surface area contributed by atoms with Crippen molar-refractivity contribution in [2.75, 3.05) is 18.1 Å². The Kier molecular flexibility index (Phi) is 4.48.